The van der Waals surface area contributed by atoms with Crippen LogP contribution >= 0.6 is 15.9 Å². The summed E-state index contributed by atoms with van der Waals surface area (Å²) in [5.41, 5.74) is 1.15. The van der Waals surface area contributed by atoms with Crippen molar-refractivity contribution in [1.82, 2.24) is 10.2 Å². The Bertz CT molecular complexity index is 738. The number of aryl methyl sites for hydroxylation is 1. The Labute approximate surface area is 180 Å². The van der Waals surface area contributed by atoms with Gasteiger partial charge < -0.3 is 19.7 Å². The van der Waals surface area contributed by atoms with Gasteiger partial charge in [-0.05, 0) is 52.4 Å². The van der Waals surface area contributed by atoms with Gasteiger partial charge in [0.25, 0.3) is 5.91 Å². The number of halogens is 1. The van der Waals surface area contributed by atoms with Crippen molar-refractivity contribution in [2.24, 2.45) is 5.92 Å². The lowest BCUT2D eigenvalue weighted by molar-refractivity contribution is -0.152. The van der Waals surface area contributed by atoms with E-state index in [2.05, 4.69) is 28.2 Å². The van der Waals surface area contributed by atoms with Gasteiger partial charge in [0.1, 0.15) is 11.8 Å². The molecule has 0 bridgehead atoms. The second-order valence-corrected chi connectivity index (χ2v) is 8.26. The van der Waals surface area contributed by atoms with Gasteiger partial charge in [-0.1, -0.05) is 26.8 Å². The van der Waals surface area contributed by atoms with E-state index in [4.69, 9.17) is 9.47 Å². The highest BCUT2D eigenvalue weighted by molar-refractivity contribution is 9.10. The van der Waals surface area contributed by atoms with Crippen molar-refractivity contribution >= 4 is 33.7 Å². The molecule has 0 saturated carbocycles. The first kappa shape index (κ1) is 23.2. The van der Waals surface area contributed by atoms with Crippen LogP contribution in [0.2, 0.25) is 0 Å². The van der Waals surface area contributed by atoms with Crippen LogP contribution in [-0.2, 0) is 25.5 Å². The Kier molecular flexibility index (Phi) is 8.95. The molecule has 0 aromatic heterocycles. The zero-order valence-corrected chi connectivity index (χ0v) is 18.8. The van der Waals surface area contributed by atoms with Crippen molar-refractivity contribution in [2.45, 2.75) is 46.1 Å². The molecule has 0 spiro atoms. The summed E-state index contributed by atoms with van der Waals surface area (Å²) in [4.78, 5) is 38.5. The number of esters is 1. The number of nitrogens with zero attached hydrogens (tertiary/aromatic N) is 1. The number of piperazine rings is 1. The molecule has 7 nitrogen and oxygen atoms in total. The van der Waals surface area contributed by atoms with Crippen LogP contribution in [0.15, 0.2) is 22.7 Å². The lowest BCUT2D eigenvalue weighted by Gasteiger charge is -2.34. The maximum Gasteiger partial charge on any atom is 0.308 e. The minimum atomic E-state index is -0.877. The van der Waals surface area contributed by atoms with Crippen molar-refractivity contribution < 1.29 is 23.9 Å². The largest absolute Gasteiger partial charge is 0.483 e. The van der Waals surface area contributed by atoms with Gasteiger partial charge in [-0.3, -0.25) is 14.4 Å². The summed E-state index contributed by atoms with van der Waals surface area (Å²) in [6, 6.07) is 4.82. The molecule has 8 heteroatoms. The Hall–Kier alpha value is -2.09. The van der Waals surface area contributed by atoms with Gasteiger partial charge in [0.2, 0.25) is 5.91 Å². The lowest BCUT2D eigenvalue weighted by atomic mass is 10.1. The van der Waals surface area contributed by atoms with Gasteiger partial charge in [-0.15, -0.1) is 0 Å². The molecule has 1 N–H and O–H groups in total. The van der Waals surface area contributed by atoms with E-state index < -0.39 is 12.0 Å². The van der Waals surface area contributed by atoms with Crippen LogP contribution in [0.3, 0.4) is 0 Å². The fraction of sp³-hybridized carbons (Fsp3) is 0.571. The number of amides is 2. The summed E-state index contributed by atoms with van der Waals surface area (Å²) in [6.45, 7) is 6.90. The average molecular weight is 469 g/mol. The smallest absolute Gasteiger partial charge is 0.308 e. The van der Waals surface area contributed by atoms with Gasteiger partial charge in [0.05, 0.1) is 17.5 Å². The third kappa shape index (κ3) is 7.03. The number of hydrogen-bond acceptors (Lipinski definition) is 5. The molecule has 0 aliphatic carbocycles. The first-order chi connectivity index (χ1) is 13.8. The van der Waals surface area contributed by atoms with Gasteiger partial charge in [0.15, 0.2) is 6.61 Å². The second-order valence-electron chi connectivity index (χ2n) is 7.41. The van der Waals surface area contributed by atoms with Crippen LogP contribution in [0.4, 0.5) is 0 Å². The number of carbonyl (C=O) groups excluding carboxylic acids is 3. The SMILES string of the molecule is CCc1ccc(OCC(=O)N2CCNC(=O)C2CC(=O)OCCC(C)C)c(Br)c1. The van der Waals surface area contributed by atoms with Crippen LogP contribution in [0.5, 0.6) is 5.75 Å². The quantitative estimate of drug-likeness (QED) is 0.563. The maximum absolute atomic E-state index is 12.7. The molecule has 1 aromatic rings. The van der Waals surface area contributed by atoms with E-state index in [0.29, 0.717) is 31.4 Å². The van der Waals surface area contributed by atoms with E-state index in [1.807, 2.05) is 32.0 Å². The summed E-state index contributed by atoms with van der Waals surface area (Å²) < 4.78 is 11.6. The highest BCUT2D eigenvalue weighted by Gasteiger charge is 2.35. The Balaban J connectivity index is 1.95. The van der Waals surface area contributed by atoms with Crippen molar-refractivity contribution in [2.75, 3.05) is 26.3 Å². The molecule has 0 radical (unpaired) electrons. The summed E-state index contributed by atoms with van der Waals surface area (Å²) in [7, 11) is 0. The topological polar surface area (TPSA) is 84.9 Å². The van der Waals surface area contributed by atoms with Gasteiger partial charge in [0, 0.05) is 13.1 Å². The standard InChI is InChI=1S/C21H29BrN2O5/c1-4-15-5-6-18(16(22)11-15)29-13-19(25)24-9-8-23-21(27)17(24)12-20(26)28-10-7-14(2)3/h5-6,11,14,17H,4,7-10,12-13H2,1-3H3,(H,23,27). The minimum absolute atomic E-state index is 0.162. The molecule has 2 amide bonds. The molecule has 29 heavy (non-hydrogen) atoms. The summed E-state index contributed by atoms with van der Waals surface area (Å²) in [6.07, 6.45) is 1.49. The van der Waals surface area contributed by atoms with Gasteiger partial charge >= 0.3 is 5.97 Å². The zero-order valence-electron chi connectivity index (χ0n) is 17.2. The van der Waals surface area contributed by atoms with Crippen LogP contribution in [0, 0.1) is 5.92 Å². The Morgan fingerprint density at radius 3 is 2.76 bits per heavy atom. The Morgan fingerprint density at radius 1 is 1.34 bits per heavy atom. The first-order valence-corrected chi connectivity index (χ1v) is 10.7. The molecule has 1 fully saturated rings. The molecule has 160 valence electrons. The Morgan fingerprint density at radius 2 is 2.10 bits per heavy atom. The number of hydrogen-bond donors (Lipinski definition) is 1. The number of nitrogens with one attached hydrogen (secondary N) is 1. The molecule has 1 atom stereocenters. The third-order valence-electron chi connectivity index (χ3n) is 4.73. The highest BCUT2D eigenvalue weighted by Crippen LogP contribution is 2.26. The van der Waals surface area contributed by atoms with E-state index in [-0.39, 0.29) is 24.8 Å². The van der Waals surface area contributed by atoms with Crippen molar-refractivity contribution in [3.8, 4) is 5.75 Å². The minimum Gasteiger partial charge on any atom is -0.483 e. The van der Waals surface area contributed by atoms with E-state index >= 15 is 0 Å². The third-order valence-corrected chi connectivity index (χ3v) is 5.34. The molecule has 1 unspecified atom stereocenters. The molecule has 1 aliphatic heterocycles. The molecular weight excluding hydrogens is 440 g/mol. The molecule has 2 rings (SSSR count). The highest BCUT2D eigenvalue weighted by atomic mass is 79.9. The second kappa shape index (κ2) is 11.2. The summed E-state index contributed by atoms with van der Waals surface area (Å²) in [5, 5.41) is 2.70. The molecular formula is C21H29BrN2O5. The van der Waals surface area contributed by atoms with E-state index in [1.54, 1.807) is 0 Å². The van der Waals surface area contributed by atoms with Crippen LogP contribution < -0.4 is 10.1 Å². The number of benzene rings is 1. The van der Waals surface area contributed by atoms with Gasteiger partial charge in [-0.2, -0.15) is 0 Å². The first-order valence-electron chi connectivity index (χ1n) is 9.95. The lowest BCUT2D eigenvalue weighted by Crippen LogP contribution is -2.58. The van der Waals surface area contributed by atoms with Crippen LogP contribution in [0.1, 0.15) is 39.2 Å². The summed E-state index contributed by atoms with van der Waals surface area (Å²) >= 11 is 3.45. The summed E-state index contributed by atoms with van der Waals surface area (Å²) in [5.74, 6) is -0.196. The zero-order chi connectivity index (χ0) is 21.4. The molecule has 1 heterocycles. The maximum atomic E-state index is 12.7. The fourth-order valence-electron chi connectivity index (χ4n) is 2.95. The normalized spacial score (nSPS) is 16.5. The molecule has 1 aliphatic rings. The number of carbonyl (C=O) groups is 3. The average Bonchev–Trinajstić information content (AvgIpc) is 2.68. The molecule has 1 saturated heterocycles. The van der Waals surface area contributed by atoms with E-state index in [0.717, 1.165) is 22.9 Å². The van der Waals surface area contributed by atoms with Crippen LogP contribution in [-0.4, -0.2) is 55.0 Å². The predicted molar refractivity (Wildman–Crippen MR) is 113 cm³/mol. The van der Waals surface area contributed by atoms with E-state index in [9.17, 15) is 14.4 Å². The van der Waals surface area contributed by atoms with Crippen LogP contribution in [0.25, 0.3) is 0 Å². The molecule has 1 aromatic carbocycles. The van der Waals surface area contributed by atoms with E-state index in [1.165, 1.54) is 4.90 Å². The van der Waals surface area contributed by atoms with Gasteiger partial charge in [-0.25, -0.2) is 0 Å². The predicted octanol–water partition coefficient (Wildman–Crippen LogP) is 2.70. The fourth-order valence-corrected chi connectivity index (χ4v) is 3.49. The van der Waals surface area contributed by atoms with Crippen molar-refractivity contribution in [3.05, 3.63) is 28.2 Å². The van der Waals surface area contributed by atoms with Crippen molar-refractivity contribution in [3.63, 3.8) is 0 Å². The number of ether oxygens (including phenoxy) is 2. The monoisotopic (exact) mass is 468 g/mol. The number of rotatable bonds is 9. The van der Waals surface area contributed by atoms with Crippen molar-refractivity contribution in [1.29, 1.82) is 0 Å².